The minimum Gasteiger partial charge on any atom is -0.453 e. The number of carbonyl (C=O) groups is 1. The van der Waals surface area contributed by atoms with Crippen LogP contribution in [0, 0.1) is 15.9 Å². The summed E-state index contributed by atoms with van der Waals surface area (Å²) in [4.78, 5) is 21.4. The molecule has 0 bridgehead atoms. The Labute approximate surface area is 139 Å². The Morgan fingerprint density at radius 2 is 2.00 bits per heavy atom. The topological polar surface area (TPSA) is 81.5 Å². The zero-order chi connectivity index (χ0) is 17.1. The highest BCUT2D eigenvalue weighted by Gasteiger charge is 2.18. The molecule has 0 radical (unpaired) electrons. The molecule has 0 saturated carbocycles. The Morgan fingerprint density at radius 1 is 1.30 bits per heavy atom. The van der Waals surface area contributed by atoms with Crippen LogP contribution in [0.15, 0.2) is 30.3 Å². The number of rotatable bonds is 4. The molecule has 2 aromatic carbocycles. The van der Waals surface area contributed by atoms with Crippen molar-refractivity contribution in [2.75, 3.05) is 5.32 Å². The second-order valence-electron chi connectivity index (χ2n) is 4.42. The molecule has 1 amide bonds. The van der Waals surface area contributed by atoms with Gasteiger partial charge < -0.3 is 10.1 Å². The Balaban J connectivity index is 2.41. The van der Waals surface area contributed by atoms with Crippen LogP contribution < -0.4 is 10.1 Å². The lowest BCUT2D eigenvalue weighted by Crippen LogP contribution is -2.08. The van der Waals surface area contributed by atoms with Crippen LogP contribution in [0.1, 0.15) is 6.92 Å². The quantitative estimate of drug-likeness (QED) is 0.629. The van der Waals surface area contributed by atoms with E-state index >= 15 is 0 Å². The van der Waals surface area contributed by atoms with Crippen LogP contribution in [0.5, 0.6) is 11.5 Å². The van der Waals surface area contributed by atoms with E-state index in [4.69, 9.17) is 27.9 Å². The summed E-state index contributed by atoms with van der Waals surface area (Å²) in [5.74, 6) is -1.51. The molecule has 9 heteroatoms. The lowest BCUT2D eigenvalue weighted by molar-refractivity contribution is -0.383. The maximum absolute atomic E-state index is 13.8. The van der Waals surface area contributed by atoms with Crippen molar-refractivity contribution in [3.63, 3.8) is 0 Å². The van der Waals surface area contributed by atoms with E-state index in [-0.39, 0.29) is 32.9 Å². The van der Waals surface area contributed by atoms with Crippen molar-refractivity contribution in [2.24, 2.45) is 0 Å². The van der Waals surface area contributed by atoms with Crippen LogP contribution in [0.3, 0.4) is 0 Å². The highest BCUT2D eigenvalue weighted by molar-refractivity contribution is 6.35. The molecule has 1 N–H and O–H groups in total. The van der Waals surface area contributed by atoms with Gasteiger partial charge in [0, 0.05) is 24.1 Å². The number of nitro groups is 1. The molecular formula is C14H9Cl2FN2O4. The van der Waals surface area contributed by atoms with E-state index < -0.39 is 16.6 Å². The second kappa shape index (κ2) is 6.80. The van der Waals surface area contributed by atoms with Gasteiger partial charge in [-0.15, -0.1) is 0 Å². The summed E-state index contributed by atoms with van der Waals surface area (Å²) in [7, 11) is 0. The van der Waals surface area contributed by atoms with Gasteiger partial charge in [-0.05, 0) is 18.2 Å². The summed E-state index contributed by atoms with van der Waals surface area (Å²) < 4.78 is 19.2. The Bertz CT molecular complexity index is 775. The van der Waals surface area contributed by atoms with Gasteiger partial charge in [0.1, 0.15) is 11.4 Å². The van der Waals surface area contributed by atoms with E-state index in [1.54, 1.807) is 0 Å². The number of halogens is 3. The molecule has 2 rings (SSSR count). The van der Waals surface area contributed by atoms with Crippen LogP contribution in [-0.4, -0.2) is 10.8 Å². The third kappa shape index (κ3) is 4.08. The summed E-state index contributed by atoms with van der Waals surface area (Å²) >= 11 is 11.5. The normalized spacial score (nSPS) is 10.3. The van der Waals surface area contributed by atoms with Crippen molar-refractivity contribution in [3.05, 3.63) is 56.3 Å². The Hall–Kier alpha value is -2.38. The van der Waals surface area contributed by atoms with Crippen molar-refractivity contribution in [2.45, 2.75) is 6.92 Å². The maximum atomic E-state index is 13.8. The average molecular weight is 359 g/mol. The van der Waals surface area contributed by atoms with Crippen LogP contribution in [0.2, 0.25) is 10.0 Å². The predicted octanol–water partition coefficient (Wildman–Crippen LogP) is 4.79. The van der Waals surface area contributed by atoms with Gasteiger partial charge >= 0.3 is 0 Å². The van der Waals surface area contributed by atoms with Gasteiger partial charge in [0.2, 0.25) is 5.91 Å². The number of amides is 1. The van der Waals surface area contributed by atoms with E-state index in [0.29, 0.717) is 0 Å². The van der Waals surface area contributed by atoms with E-state index in [1.807, 2.05) is 0 Å². The third-order valence-corrected chi connectivity index (χ3v) is 3.16. The molecule has 0 aliphatic rings. The van der Waals surface area contributed by atoms with E-state index in [9.17, 15) is 19.3 Å². The maximum Gasteiger partial charge on any atom is 0.293 e. The van der Waals surface area contributed by atoms with Crippen molar-refractivity contribution >= 4 is 40.5 Å². The molecule has 0 atom stereocenters. The average Bonchev–Trinajstić information content (AvgIpc) is 2.42. The SMILES string of the molecule is CC(=O)Nc1cc(Oc2c(F)cc(Cl)cc2Cl)ccc1[N+](=O)[O-]. The van der Waals surface area contributed by atoms with Crippen LogP contribution >= 0.6 is 23.2 Å². The largest absolute Gasteiger partial charge is 0.453 e. The molecule has 6 nitrogen and oxygen atoms in total. The molecular weight excluding hydrogens is 350 g/mol. The molecule has 0 spiro atoms. The number of benzene rings is 2. The number of ether oxygens (including phenoxy) is 1. The van der Waals surface area contributed by atoms with Gasteiger partial charge in [-0.25, -0.2) is 4.39 Å². The zero-order valence-corrected chi connectivity index (χ0v) is 13.1. The number of nitro benzene ring substituents is 1. The Morgan fingerprint density at radius 3 is 2.57 bits per heavy atom. The summed E-state index contributed by atoms with van der Waals surface area (Å²) in [6.07, 6.45) is 0. The molecule has 0 aromatic heterocycles. The number of nitrogens with one attached hydrogen (secondary N) is 1. The summed E-state index contributed by atoms with van der Waals surface area (Å²) in [5.41, 5.74) is -0.402. The fourth-order valence-electron chi connectivity index (χ4n) is 1.77. The summed E-state index contributed by atoms with van der Waals surface area (Å²) in [6.45, 7) is 1.20. The highest BCUT2D eigenvalue weighted by Crippen LogP contribution is 2.37. The van der Waals surface area contributed by atoms with Gasteiger partial charge in [-0.1, -0.05) is 23.2 Å². The first-order valence-electron chi connectivity index (χ1n) is 6.16. The number of hydrogen-bond acceptors (Lipinski definition) is 4. The van der Waals surface area contributed by atoms with Gasteiger partial charge in [0.25, 0.3) is 5.69 Å². The smallest absolute Gasteiger partial charge is 0.293 e. The Kier molecular flexibility index (Phi) is 5.02. The number of hydrogen-bond donors (Lipinski definition) is 1. The number of carbonyl (C=O) groups excluding carboxylic acids is 1. The fraction of sp³-hybridized carbons (Fsp3) is 0.0714. The standard InChI is InChI=1S/C14H9Cl2FN2O4/c1-7(20)18-12-6-9(2-3-13(12)19(21)22)23-14-10(16)4-8(15)5-11(14)17/h2-6H,1H3,(H,18,20). The lowest BCUT2D eigenvalue weighted by atomic mass is 10.2. The minimum atomic E-state index is -0.790. The van der Waals surface area contributed by atoms with Crippen molar-refractivity contribution in [1.29, 1.82) is 0 Å². The summed E-state index contributed by atoms with van der Waals surface area (Å²) in [6, 6.07) is 5.89. The first-order valence-corrected chi connectivity index (χ1v) is 6.92. The molecule has 0 heterocycles. The van der Waals surface area contributed by atoms with Crippen LogP contribution in [0.25, 0.3) is 0 Å². The first kappa shape index (κ1) is 17.0. The van der Waals surface area contributed by atoms with Crippen LogP contribution in [-0.2, 0) is 4.79 Å². The lowest BCUT2D eigenvalue weighted by Gasteiger charge is -2.11. The molecule has 0 aliphatic heterocycles. The van der Waals surface area contributed by atoms with Crippen molar-refractivity contribution in [3.8, 4) is 11.5 Å². The van der Waals surface area contributed by atoms with Gasteiger partial charge in [-0.3, -0.25) is 14.9 Å². The molecule has 0 unspecified atom stereocenters. The number of nitrogens with zero attached hydrogens (tertiary/aromatic N) is 1. The van der Waals surface area contributed by atoms with Crippen LogP contribution in [0.4, 0.5) is 15.8 Å². The first-order chi connectivity index (χ1) is 10.8. The zero-order valence-electron chi connectivity index (χ0n) is 11.6. The number of anilines is 1. The van der Waals surface area contributed by atoms with E-state index in [2.05, 4.69) is 5.32 Å². The molecule has 120 valence electrons. The minimum absolute atomic E-state index is 0.0578. The predicted molar refractivity (Wildman–Crippen MR) is 83.9 cm³/mol. The molecule has 0 fully saturated rings. The fourth-order valence-corrected chi connectivity index (χ4v) is 2.28. The van der Waals surface area contributed by atoms with Crippen molar-refractivity contribution in [1.82, 2.24) is 0 Å². The molecule has 0 saturated heterocycles. The third-order valence-electron chi connectivity index (χ3n) is 2.66. The van der Waals surface area contributed by atoms with Gasteiger partial charge in [0.05, 0.1) is 9.95 Å². The molecule has 0 aliphatic carbocycles. The summed E-state index contributed by atoms with van der Waals surface area (Å²) in [5, 5.41) is 13.3. The second-order valence-corrected chi connectivity index (χ2v) is 5.26. The van der Waals surface area contributed by atoms with Gasteiger partial charge in [0.15, 0.2) is 11.6 Å². The van der Waals surface area contributed by atoms with E-state index in [0.717, 1.165) is 12.1 Å². The molecule has 23 heavy (non-hydrogen) atoms. The highest BCUT2D eigenvalue weighted by atomic mass is 35.5. The van der Waals surface area contributed by atoms with Crippen molar-refractivity contribution < 1.29 is 18.8 Å². The molecule has 2 aromatic rings. The van der Waals surface area contributed by atoms with Gasteiger partial charge in [-0.2, -0.15) is 0 Å². The monoisotopic (exact) mass is 358 g/mol. The van der Waals surface area contributed by atoms with E-state index in [1.165, 1.54) is 25.1 Å².